The van der Waals surface area contributed by atoms with Gasteiger partial charge in [0.1, 0.15) is 0 Å². The van der Waals surface area contributed by atoms with Crippen LogP contribution < -0.4 is 5.32 Å². The summed E-state index contributed by atoms with van der Waals surface area (Å²) in [6, 6.07) is 0. The van der Waals surface area contributed by atoms with Crippen molar-refractivity contribution in [1.29, 1.82) is 0 Å². The highest BCUT2D eigenvalue weighted by molar-refractivity contribution is 5.93. The van der Waals surface area contributed by atoms with Crippen molar-refractivity contribution in [1.82, 2.24) is 15.5 Å². The molecule has 0 radical (unpaired) electrons. The molecule has 0 aromatic carbocycles. The summed E-state index contributed by atoms with van der Waals surface area (Å²) in [5.41, 5.74) is 0.478. The Labute approximate surface area is 93.1 Å². The Morgan fingerprint density at radius 3 is 2.94 bits per heavy atom. The Morgan fingerprint density at radius 1 is 1.62 bits per heavy atom. The lowest BCUT2D eigenvalue weighted by Gasteiger charge is -2.06. The standard InChI is InChI=1S/C10H15N3O3/c1-7(10(15)16)3-2-4-11-9(14)8-5-12-13-6-8/h5-7H,2-4H2,1H3,(H,11,14)(H,12,13)(H,15,16). The number of carbonyl (C=O) groups excluding carboxylic acids is 1. The molecular weight excluding hydrogens is 210 g/mol. The van der Waals surface area contributed by atoms with Crippen molar-refractivity contribution in [3.8, 4) is 0 Å². The molecule has 0 aliphatic carbocycles. The van der Waals surface area contributed by atoms with Gasteiger partial charge in [-0.25, -0.2) is 0 Å². The summed E-state index contributed by atoms with van der Waals surface area (Å²) >= 11 is 0. The van der Waals surface area contributed by atoms with Gasteiger partial charge in [-0.1, -0.05) is 6.92 Å². The molecule has 16 heavy (non-hydrogen) atoms. The first-order valence-corrected chi connectivity index (χ1v) is 5.11. The Bertz CT molecular complexity index is 348. The van der Waals surface area contributed by atoms with Gasteiger partial charge in [-0.05, 0) is 12.8 Å². The minimum absolute atomic E-state index is 0.197. The minimum Gasteiger partial charge on any atom is -0.481 e. The smallest absolute Gasteiger partial charge is 0.306 e. The van der Waals surface area contributed by atoms with Crippen LogP contribution in [0.5, 0.6) is 0 Å². The first-order chi connectivity index (χ1) is 7.61. The zero-order valence-corrected chi connectivity index (χ0v) is 9.06. The molecule has 6 nitrogen and oxygen atoms in total. The number of hydrogen-bond donors (Lipinski definition) is 3. The minimum atomic E-state index is -0.804. The van der Waals surface area contributed by atoms with Crippen LogP contribution in [0.25, 0.3) is 0 Å². The van der Waals surface area contributed by atoms with Gasteiger partial charge in [0.05, 0.1) is 17.7 Å². The Kier molecular flexibility index (Phi) is 4.50. The van der Waals surface area contributed by atoms with Gasteiger partial charge in [0, 0.05) is 12.7 Å². The lowest BCUT2D eigenvalue weighted by Crippen LogP contribution is -2.24. The van der Waals surface area contributed by atoms with Crippen LogP contribution in [-0.4, -0.2) is 33.7 Å². The number of rotatable bonds is 6. The van der Waals surface area contributed by atoms with Crippen molar-refractivity contribution >= 4 is 11.9 Å². The second-order valence-electron chi connectivity index (χ2n) is 3.62. The van der Waals surface area contributed by atoms with E-state index in [1.807, 2.05) is 0 Å². The lowest BCUT2D eigenvalue weighted by atomic mass is 10.1. The van der Waals surface area contributed by atoms with Gasteiger partial charge in [-0.3, -0.25) is 14.7 Å². The predicted molar refractivity (Wildman–Crippen MR) is 57.0 cm³/mol. The number of H-pyrrole nitrogens is 1. The molecule has 1 heterocycles. The third-order valence-electron chi connectivity index (χ3n) is 2.28. The maximum Gasteiger partial charge on any atom is 0.306 e. The van der Waals surface area contributed by atoms with Crippen LogP contribution in [0.15, 0.2) is 12.4 Å². The first-order valence-electron chi connectivity index (χ1n) is 5.11. The van der Waals surface area contributed by atoms with E-state index in [0.29, 0.717) is 24.9 Å². The van der Waals surface area contributed by atoms with Crippen molar-refractivity contribution in [3.63, 3.8) is 0 Å². The number of aromatic nitrogens is 2. The fraction of sp³-hybridized carbons (Fsp3) is 0.500. The number of aromatic amines is 1. The molecule has 88 valence electrons. The van der Waals surface area contributed by atoms with E-state index in [1.54, 1.807) is 6.92 Å². The summed E-state index contributed by atoms with van der Waals surface area (Å²) < 4.78 is 0. The average Bonchev–Trinajstić information content (AvgIpc) is 2.76. The quantitative estimate of drug-likeness (QED) is 0.619. The molecule has 3 N–H and O–H groups in total. The molecule has 0 spiro atoms. The van der Waals surface area contributed by atoms with Crippen LogP contribution in [0, 0.1) is 5.92 Å². The monoisotopic (exact) mass is 225 g/mol. The van der Waals surface area contributed by atoms with Crippen LogP contribution in [0.3, 0.4) is 0 Å². The lowest BCUT2D eigenvalue weighted by molar-refractivity contribution is -0.141. The Balaban J connectivity index is 2.17. The molecule has 1 rings (SSSR count). The summed E-state index contributed by atoms with van der Waals surface area (Å²) in [5, 5.41) is 17.5. The van der Waals surface area contributed by atoms with Gasteiger partial charge in [-0.15, -0.1) is 0 Å². The molecular formula is C10H15N3O3. The van der Waals surface area contributed by atoms with Crippen LogP contribution in [0.4, 0.5) is 0 Å². The van der Waals surface area contributed by atoms with Gasteiger partial charge < -0.3 is 10.4 Å². The van der Waals surface area contributed by atoms with Crippen LogP contribution in [-0.2, 0) is 4.79 Å². The van der Waals surface area contributed by atoms with E-state index in [2.05, 4.69) is 15.5 Å². The molecule has 0 bridgehead atoms. The van der Waals surface area contributed by atoms with Crippen LogP contribution in [0.1, 0.15) is 30.1 Å². The summed E-state index contributed by atoms with van der Waals surface area (Å²) in [6.45, 7) is 2.13. The van der Waals surface area contributed by atoms with Crippen molar-refractivity contribution in [2.45, 2.75) is 19.8 Å². The molecule has 1 unspecified atom stereocenters. The molecule has 1 atom stereocenters. The van der Waals surface area contributed by atoms with E-state index in [0.717, 1.165) is 0 Å². The topological polar surface area (TPSA) is 95.1 Å². The number of amides is 1. The van der Waals surface area contributed by atoms with Crippen molar-refractivity contribution in [2.75, 3.05) is 6.54 Å². The summed E-state index contributed by atoms with van der Waals surface area (Å²) in [4.78, 5) is 21.9. The van der Waals surface area contributed by atoms with E-state index in [9.17, 15) is 9.59 Å². The normalized spacial score (nSPS) is 12.1. The summed E-state index contributed by atoms with van der Waals surface area (Å²) in [5.74, 6) is -1.37. The number of hydrogen-bond acceptors (Lipinski definition) is 3. The first kappa shape index (κ1) is 12.2. The molecule has 0 aliphatic heterocycles. The molecule has 1 aromatic rings. The summed E-state index contributed by atoms with van der Waals surface area (Å²) in [7, 11) is 0. The van der Waals surface area contributed by atoms with Crippen LogP contribution >= 0.6 is 0 Å². The van der Waals surface area contributed by atoms with Crippen molar-refractivity contribution in [3.05, 3.63) is 18.0 Å². The number of nitrogens with one attached hydrogen (secondary N) is 2. The third-order valence-corrected chi connectivity index (χ3v) is 2.28. The Morgan fingerprint density at radius 2 is 2.38 bits per heavy atom. The maximum absolute atomic E-state index is 11.4. The predicted octanol–water partition coefficient (Wildman–Crippen LogP) is 0.640. The number of carboxylic acid groups (broad SMARTS) is 1. The molecule has 6 heteroatoms. The molecule has 0 fully saturated rings. The van der Waals surface area contributed by atoms with E-state index >= 15 is 0 Å². The maximum atomic E-state index is 11.4. The van der Waals surface area contributed by atoms with E-state index in [1.165, 1.54) is 12.4 Å². The Hall–Kier alpha value is -1.85. The molecule has 1 amide bonds. The van der Waals surface area contributed by atoms with Gasteiger partial charge >= 0.3 is 5.97 Å². The SMILES string of the molecule is CC(CCCNC(=O)c1cn[nH]c1)C(=O)O. The van der Waals surface area contributed by atoms with Crippen molar-refractivity contribution < 1.29 is 14.7 Å². The second kappa shape index (κ2) is 5.89. The zero-order chi connectivity index (χ0) is 12.0. The van der Waals surface area contributed by atoms with E-state index < -0.39 is 5.97 Å². The number of carboxylic acids is 1. The number of carbonyl (C=O) groups is 2. The van der Waals surface area contributed by atoms with Crippen molar-refractivity contribution in [2.24, 2.45) is 5.92 Å². The second-order valence-corrected chi connectivity index (χ2v) is 3.62. The molecule has 1 aromatic heterocycles. The number of nitrogens with zero attached hydrogens (tertiary/aromatic N) is 1. The average molecular weight is 225 g/mol. The van der Waals surface area contributed by atoms with E-state index in [4.69, 9.17) is 5.11 Å². The molecule has 0 saturated heterocycles. The number of aliphatic carboxylic acids is 1. The van der Waals surface area contributed by atoms with Gasteiger partial charge in [-0.2, -0.15) is 5.10 Å². The van der Waals surface area contributed by atoms with Gasteiger partial charge in [0.2, 0.25) is 0 Å². The fourth-order valence-corrected chi connectivity index (χ4v) is 1.21. The van der Waals surface area contributed by atoms with Crippen LogP contribution in [0.2, 0.25) is 0 Å². The highest BCUT2D eigenvalue weighted by Crippen LogP contribution is 2.04. The van der Waals surface area contributed by atoms with Gasteiger partial charge in [0.15, 0.2) is 0 Å². The van der Waals surface area contributed by atoms with E-state index in [-0.39, 0.29) is 11.8 Å². The molecule has 0 saturated carbocycles. The fourth-order valence-electron chi connectivity index (χ4n) is 1.21. The van der Waals surface area contributed by atoms with Gasteiger partial charge in [0.25, 0.3) is 5.91 Å². The highest BCUT2D eigenvalue weighted by Gasteiger charge is 2.10. The largest absolute Gasteiger partial charge is 0.481 e. The summed E-state index contributed by atoms with van der Waals surface area (Å²) in [6.07, 6.45) is 4.16. The molecule has 0 aliphatic rings. The third kappa shape index (κ3) is 3.72. The highest BCUT2D eigenvalue weighted by atomic mass is 16.4. The zero-order valence-electron chi connectivity index (χ0n) is 9.06.